The number of allylic oxidation sites excluding steroid dienone is 2. The lowest BCUT2D eigenvalue weighted by atomic mass is 9.76. The van der Waals surface area contributed by atoms with E-state index in [1.807, 2.05) is 31.2 Å². The number of rotatable bonds is 2. The molecule has 2 aromatic carbocycles. The van der Waals surface area contributed by atoms with E-state index in [1.54, 1.807) is 12.1 Å². The lowest BCUT2D eigenvalue weighted by Gasteiger charge is -2.38. The molecule has 122 valence electrons. The summed E-state index contributed by atoms with van der Waals surface area (Å²) in [5.41, 5.74) is 4.24. The van der Waals surface area contributed by atoms with E-state index in [4.69, 9.17) is 11.6 Å². The molecule has 4 nitrogen and oxygen atoms in total. The normalized spacial score (nSPS) is 24.2. The standard InChI is InChI=1S/C19H17ClN2O2/c1-11-9-12(20)10-16-13-6-4-7-14(13)19(21-18(11)16)15-5-2-3-8-17(15)22(23)24/h2-6,8-10,13-14,19,21H,7H2,1H3/t13-,14+,19+/m1/s1. The molecule has 0 bridgehead atoms. The highest BCUT2D eigenvalue weighted by Gasteiger charge is 2.40. The molecule has 2 aromatic rings. The minimum Gasteiger partial charge on any atom is -0.377 e. The van der Waals surface area contributed by atoms with Crippen molar-refractivity contribution in [2.24, 2.45) is 5.92 Å². The van der Waals surface area contributed by atoms with Crippen LogP contribution in [0.5, 0.6) is 0 Å². The van der Waals surface area contributed by atoms with Gasteiger partial charge in [-0.2, -0.15) is 0 Å². The molecule has 5 heteroatoms. The second-order valence-corrected chi connectivity index (χ2v) is 6.91. The van der Waals surface area contributed by atoms with Crippen molar-refractivity contribution in [1.29, 1.82) is 0 Å². The number of nitro groups is 1. The third kappa shape index (κ3) is 2.29. The van der Waals surface area contributed by atoms with Crippen LogP contribution in [0.1, 0.15) is 35.1 Å². The number of nitrogens with one attached hydrogen (secondary N) is 1. The van der Waals surface area contributed by atoms with E-state index in [2.05, 4.69) is 17.5 Å². The van der Waals surface area contributed by atoms with Crippen LogP contribution in [0.2, 0.25) is 5.02 Å². The van der Waals surface area contributed by atoms with Crippen LogP contribution >= 0.6 is 11.6 Å². The zero-order valence-corrected chi connectivity index (χ0v) is 14.0. The van der Waals surface area contributed by atoms with Crippen LogP contribution in [0.3, 0.4) is 0 Å². The third-order valence-electron chi connectivity index (χ3n) is 5.10. The number of hydrogen-bond donors (Lipinski definition) is 1. The van der Waals surface area contributed by atoms with Gasteiger partial charge in [0.2, 0.25) is 0 Å². The minimum atomic E-state index is -0.293. The summed E-state index contributed by atoms with van der Waals surface area (Å²) in [5, 5.41) is 15.8. The van der Waals surface area contributed by atoms with Crippen LogP contribution in [0.15, 0.2) is 48.6 Å². The number of benzene rings is 2. The molecule has 0 saturated heterocycles. The molecule has 24 heavy (non-hydrogen) atoms. The lowest BCUT2D eigenvalue weighted by Crippen LogP contribution is -2.30. The fourth-order valence-electron chi connectivity index (χ4n) is 4.07. The molecular formula is C19H17ClN2O2. The predicted octanol–water partition coefficient (Wildman–Crippen LogP) is 5.38. The number of hydrogen-bond acceptors (Lipinski definition) is 3. The van der Waals surface area contributed by atoms with Gasteiger partial charge in [0.25, 0.3) is 5.69 Å². The second-order valence-electron chi connectivity index (χ2n) is 6.48. The Hall–Kier alpha value is -2.33. The SMILES string of the molecule is Cc1cc(Cl)cc2c1N[C@H](c1ccccc1[N+](=O)[O-])[C@H]1CC=C[C@@H]21. The Morgan fingerprint density at radius 3 is 2.83 bits per heavy atom. The maximum atomic E-state index is 11.5. The van der Waals surface area contributed by atoms with Gasteiger partial charge in [-0.05, 0) is 42.5 Å². The van der Waals surface area contributed by atoms with Gasteiger partial charge in [-0.3, -0.25) is 10.1 Å². The van der Waals surface area contributed by atoms with Gasteiger partial charge in [0.05, 0.1) is 16.5 Å². The summed E-state index contributed by atoms with van der Waals surface area (Å²) < 4.78 is 0. The fraction of sp³-hybridized carbons (Fsp3) is 0.263. The van der Waals surface area contributed by atoms with Gasteiger partial charge < -0.3 is 5.32 Å². The second kappa shape index (κ2) is 5.64. The first-order valence-corrected chi connectivity index (χ1v) is 8.40. The molecule has 1 aliphatic heterocycles. The summed E-state index contributed by atoms with van der Waals surface area (Å²) >= 11 is 6.25. The monoisotopic (exact) mass is 340 g/mol. The summed E-state index contributed by atoms with van der Waals surface area (Å²) in [4.78, 5) is 11.2. The van der Waals surface area contributed by atoms with Gasteiger partial charge in [-0.1, -0.05) is 42.0 Å². The van der Waals surface area contributed by atoms with Crippen LogP contribution in [-0.4, -0.2) is 4.92 Å². The van der Waals surface area contributed by atoms with Crippen LogP contribution in [0, 0.1) is 23.0 Å². The molecule has 2 aliphatic rings. The van der Waals surface area contributed by atoms with E-state index < -0.39 is 0 Å². The Kier molecular flexibility index (Phi) is 3.57. The van der Waals surface area contributed by atoms with Gasteiger partial charge in [0.15, 0.2) is 0 Å². The average Bonchev–Trinajstić information content (AvgIpc) is 3.04. The highest BCUT2D eigenvalue weighted by atomic mass is 35.5. The first kappa shape index (κ1) is 15.2. The molecule has 1 N–H and O–H groups in total. The van der Waals surface area contributed by atoms with Gasteiger partial charge in [-0.25, -0.2) is 0 Å². The smallest absolute Gasteiger partial charge is 0.274 e. The minimum absolute atomic E-state index is 0.0843. The molecule has 4 rings (SSSR count). The Balaban J connectivity index is 1.86. The van der Waals surface area contributed by atoms with Gasteiger partial charge >= 0.3 is 0 Å². The summed E-state index contributed by atoms with van der Waals surface area (Å²) in [5.74, 6) is 0.500. The van der Waals surface area contributed by atoms with E-state index in [0.717, 1.165) is 28.3 Å². The highest BCUT2D eigenvalue weighted by molar-refractivity contribution is 6.30. The largest absolute Gasteiger partial charge is 0.377 e. The van der Waals surface area contributed by atoms with Crippen molar-refractivity contribution < 1.29 is 4.92 Å². The number of anilines is 1. The topological polar surface area (TPSA) is 55.2 Å². The zero-order chi connectivity index (χ0) is 16.8. The fourth-order valence-corrected chi connectivity index (χ4v) is 4.35. The summed E-state index contributed by atoms with van der Waals surface area (Å²) in [7, 11) is 0. The maximum absolute atomic E-state index is 11.5. The first-order valence-electron chi connectivity index (χ1n) is 8.03. The Morgan fingerprint density at radius 2 is 2.04 bits per heavy atom. The first-order chi connectivity index (χ1) is 11.6. The van der Waals surface area contributed by atoms with Gasteiger partial charge in [0.1, 0.15) is 0 Å². The summed E-state index contributed by atoms with van der Waals surface area (Å²) in [6.07, 6.45) is 5.28. The lowest BCUT2D eigenvalue weighted by molar-refractivity contribution is -0.385. The molecular weight excluding hydrogens is 324 g/mol. The Labute approximate surface area is 145 Å². The molecule has 0 amide bonds. The molecule has 0 spiro atoms. The molecule has 0 aromatic heterocycles. The predicted molar refractivity (Wildman–Crippen MR) is 95.6 cm³/mol. The molecule has 3 atom stereocenters. The number of aryl methyl sites for hydroxylation is 1. The quantitative estimate of drug-likeness (QED) is 0.453. The maximum Gasteiger partial charge on any atom is 0.274 e. The van der Waals surface area contributed by atoms with Crippen molar-refractivity contribution in [1.82, 2.24) is 0 Å². The van der Waals surface area contributed by atoms with Crippen molar-refractivity contribution in [3.63, 3.8) is 0 Å². The molecule has 1 heterocycles. The van der Waals surface area contributed by atoms with Crippen LogP contribution < -0.4 is 5.32 Å². The summed E-state index contributed by atoms with van der Waals surface area (Å²) in [6.45, 7) is 2.02. The number of halogens is 1. The van der Waals surface area contributed by atoms with E-state index in [0.29, 0.717) is 0 Å². The van der Waals surface area contributed by atoms with Crippen molar-refractivity contribution in [3.05, 3.63) is 80.4 Å². The number of nitro benzene ring substituents is 1. The van der Waals surface area contributed by atoms with Crippen LogP contribution in [0.25, 0.3) is 0 Å². The van der Waals surface area contributed by atoms with E-state index in [-0.39, 0.29) is 28.5 Å². The van der Waals surface area contributed by atoms with Crippen LogP contribution in [0.4, 0.5) is 11.4 Å². The third-order valence-corrected chi connectivity index (χ3v) is 5.32. The molecule has 0 saturated carbocycles. The Bertz CT molecular complexity index is 862. The zero-order valence-electron chi connectivity index (χ0n) is 13.2. The van der Waals surface area contributed by atoms with E-state index in [1.165, 1.54) is 5.56 Å². The average molecular weight is 341 g/mol. The van der Waals surface area contributed by atoms with E-state index >= 15 is 0 Å². The number of fused-ring (bicyclic) bond motifs is 3. The number of nitrogens with zero attached hydrogens (tertiary/aromatic N) is 1. The van der Waals surface area contributed by atoms with Crippen molar-refractivity contribution in [3.8, 4) is 0 Å². The highest BCUT2D eigenvalue weighted by Crippen LogP contribution is 2.52. The van der Waals surface area contributed by atoms with Gasteiger partial charge in [-0.15, -0.1) is 0 Å². The van der Waals surface area contributed by atoms with Crippen LogP contribution in [-0.2, 0) is 0 Å². The molecule has 1 aliphatic carbocycles. The molecule has 0 unspecified atom stereocenters. The van der Waals surface area contributed by atoms with E-state index in [9.17, 15) is 10.1 Å². The molecule has 0 fully saturated rings. The van der Waals surface area contributed by atoms with Gasteiger partial charge in [0, 0.05) is 22.7 Å². The summed E-state index contributed by atoms with van der Waals surface area (Å²) in [6, 6.07) is 10.9. The van der Waals surface area contributed by atoms with Crippen molar-refractivity contribution in [2.45, 2.75) is 25.3 Å². The van der Waals surface area contributed by atoms with Crippen molar-refractivity contribution >= 4 is 23.0 Å². The molecule has 0 radical (unpaired) electrons. The van der Waals surface area contributed by atoms with Crippen molar-refractivity contribution in [2.75, 3.05) is 5.32 Å². The Morgan fingerprint density at radius 1 is 1.25 bits per heavy atom. The number of para-hydroxylation sites is 1.